The van der Waals surface area contributed by atoms with Crippen LogP contribution >= 0.6 is 22.9 Å². The molecule has 0 radical (unpaired) electrons. The van der Waals surface area contributed by atoms with Crippen LogP contribution in [0.5, 0.6) is 11.5 Å². The summed E-state index contributed by atoms with van der Waals surface area (Å²) in [5, 5.41) is 0.665. The molecule has 0 aliphatic rings. The normalized spacial score (nSPS) is 11.3. The SMILES string of the molecule is COc1ccc(N(C(=O)c2ccccc2Cl)c2nc3ccc(NS(=O)(=O)c4ccccc4C)cc3s2)cc1OC. The van der Waals surface area contributed by atoms with Gasteiger partial charge >= 0.3 is 0 Å². The van der Waals surface area contributed by atoms with Crippen molar-refractivity contribution < 1.29 is 22.7 Å². The molecular formula is C29H24ClN3O5S2. The molecule has 8 nitrogen and oxygen atoms in total. The van der Waals surface area contributed by atoms with Gasteiger partial charge in [0.05, 0.1) is 51.3 Å². The molecule has 11 heteroatoms. The molecule has 1 amide bonds. The molecule has 5 aromatic rings. The highest BCUT2D eigenvalue weighted by Crippen LogP contribution is 2.40. The quantitative estimate of drug-likeness (QED) is 0.207. The van der Waals surface area contributed by atoms with Crippen molar-refractivity contribution in [3.05, 3.63) is 101 Å². The van der Waals surface area contributed by atoms with Gasteiger partial charge in [0.2, 0.25) is 0 Å². The Morgan fingerprint density at radius 1 is 0.925 bits per heavy atom. The van der Waals surface area contributed by atoms with Crippen LogP contribution < -0.4 is 19.1 Å². The number of thiazole rings is 1. The van der Waals surface area contributed by atoms with Crippen molar-refractivity contribution in [3.8, 4) is 11.5 Å². The first-order chi connectivity index (χ1) is 19.2. The lowest BCUT2D eigenvalue weighted by Gasteiger charge is -2.22. The van der Waals surface area contributed by atoms with Crippen LogP contribution in [-0.4, -0.2) is 33.5 Å². The summed E-state index contributed by atoms with van der Waals surface area (Å²) in [4.78, 5) is 20.2. The Balaban J connectivity index is 1.58. The second-order valence-corrected chi connectivity index (χ2v) is 11.8. The van der Waals surface area contributed by atoms with Gasteiger partial charge < -0.3 is 9.47 Å². The number of halogens is 1. The highest BCUT2D eigenvalue weighted by Gasteiger charge is 2.26. The van der Waals surface area contributed by atoms with Crippen LogP contribution in [0.3, 0.4) is 0 Å². The highest BCUT2D eigenvalue weighted by molar-refractivity contribution is 7.92. The van der Waals surface area contributed by atoms with Gasteiger partial charge in [-0.2, -0.15) is 0 Å². The number of hydrogen-bond acceptors (Lipinski definition) is 7. The maximum absolute atomic E-state index is 13.9. The topological polar surface area (TPSA) is 97.8 Å². The Bertz CT molecular complexity index is 1840. The molecule has 0 aliphatic carbocycles. The van der Waals surface area contributed by atoms with E-state index in [1.807, 2.05) is 0 Å². The second kappa shape index (κ2) is 11.2. The van der Waals surface area contributed by atoms with Crippen LogP contribution in [0.25, 0.3) is 10.2 Å². The van der Waals surface area contributed by atoms with Gasteiger partial charge in [-0.15, -0.1) is 0 Å². The number of carbonyl (C=O) groups excluding carboxylic acids is 1. The first-order valence-electron chi connectivity index (χ1n) is 12.0. The molecule has 0 aliphatic heterocycles. The number of amides is 1. The van der Waals surface area contributed by atoms with Crippen LogP contribution in [0.4, 0.5) is 16.5 Å². The second-order valence-electron chi connectivity index (χ2n) is 8.71. The Morgan fingerprint density at radius 2 is 1.65 bits per heavy atom. The summed E-state index contributed by atoms with van der Waals surface area (Å²) in [5.74, 6) is 0.551. The highest BCUT2D eigenvalue weighted by atomic mass is 35.5. The molecule has 0 saturated carbocycles. The van der Waals surface area contributed by atoms with E-state index in [1.165, 1.54) is 30.5 Å². The zero-order valence-electron chi connectivity index (χ0n) is 21.7. The summed E-state index contributed by atoms with van der Waals surface area (Å²) < 4.78 is 40.2. The lowest BCUT2D eigenvalue weighted by atomic mass is 10.1. The maximum atomic E-state index is 13.9. The van der Waals surface area contributed by atoms with Gasteiger partial charge in [-0.3, -0.25) is 14.4 Å². The number of nitrogens with one attached hydrogen (secondary N) is 1. The number of nitrogens with zero attached hydrogens (tertiary/aromatic N) is 2. The fourth-order valence-electron chi connectivity index (χ4n) is 4.17. The number of hydrogen-bond donors (Lipinski definition) is 1. The Morgan fingerprint density at radius 3 is 2.38 bits per heavy atom. The minimum absolute atomic E-state index is 0.199. The van der Waals surface area contributed by atoms with E-state index in [4.69, 9.17) is 26.1 Å². The minimum atomic E-state index is -3.80. The van der Waals surface area contributed by atoms with Crippen molar-refractivity contribution in [3.63, 3.8) is 0 Å². The van der Waals surface area contributed by atoms with Crippen molar-refractivity contribution in [1.29, 1.82) is 0 Å². The van der Waals surface area contributed by atoms with E-state index in [2.05, 4.69) is 4.72 Å². The summed E-state index contributed by atoms with van der Waals surface area (Å²) in [6, 6.07) is 23.7. The number of carbonyl (C=O) groups is 1. The maximum Gasteiger partial charge on any atom is 0.266 e. The third-order valence-corrected chi connectivity index (χ3v) is 9.01. The van der Waals surface area contributed by atoms with E-state index in [0.717, 1.165) is 0 Å². The molecule has 0 spiro atoms. The number of anilines is 3. The Hall–Kier alpha value is -4.12. The molecule has 4 aromatic carbocycles. The predicted octanol–water partition coefficient (Wildman–Crippen LogP) is 7.05. The number of fused-ring (bicyclic) bond motifs is 1. The number of benzene rings is 4. The molecule has 0 saturated heterocycles. The third-order valence-electron chi connectivity index (χ3n) is 6.14. The molecule has 1 heterocycles. The van der Waals surface area contributed by atoms with E-state index in [0.29, 0.717) is 54.4 Å². The number of aromatic nitrogens is 1. The van der Waals surface area contributed by atoms with Gasteiger partial charge in [0.1, 0.15) is 0 Å². The molecule has 40 heavy (non-hydrogen) atoms. The van der Waals surface area contributed by atoms with E-state index in [9.17, 15) is 13.2 Å². The molecular weight excluding hydrogens is 570 g/mol. The van der Waals surface area contributed by atoms with E-state index < -0.39 is 15.9 Å². The monoisotopic (exact) mass is 593 g/mol. The molecule has 0 unspecified atom stereocenters. The number of aryl methyl sites for hydroxylation is 1. The first-order valence-corrected chi connectivity index (χ1v) is 14.7. The zero-order chi connectivity index (χ0) is 28.4. The number of rotatable bonds is 8. The van der Waals surface area contributed by atoms with Gasteiger partial charge in [-0.1, -0.05) is 53.3 Å². The van der Waals surface area contributed by atoms with E-state index in [-0.39, 0.29) is 4.90 Å². The molecule has 0 atom stereocenters. The molecule has 1 N–H and O–H groups in total. The fraction of sp³-hybridized carbons (Fsp3) is 0.103. The number of ether oxygens (including phenoxy) is 2. The average Bonchev–Trinajstić information content (AvgIpc) is 3.35. The van der Waals surface area contributed by atoms with Crippen molar-refractivity contribution in [2.75, 3.05) is 23.8 Å². The van der Waals surface area contributed by atoms with Crippen LogP contribution in [0.2, 0.25) is 5.02 Å². The van der Waals surface area contributed by atoms with Gasteiger partial charge in [0.25, 0.3) is 15.9 Å². The molecule has 204 valence electrons. The van der Waals surface area contributed by atoms with Crippen molar-refractivity contribution in [2.45, 2.75) is 11.8 Å². The fourth-order valence-corrected chi connectivity index (χ4v) is 6.71. The summed E-state index contributed by atoms with van der Waals surface area (Å²) in [6.45, 7) is 1.74. The van der Waals surface area contributed by atoms with E-state index in [1.54, 1.807) is 91.9 Å². The third kappa shape index (κ3) is 5.33. The zero-order valence-corrected chi connectivity index (χ0v) is 24.1. The van der Waals surface area contributed by atoms with Crippen molar-refractivity contribution >= 4 is 65.6 Å². The van der Waals surface area contributed by atoms with Gasteiger partial charge in [-0.25, -0.2) is 13.4 Å². The van der Waals surface area contributed by atoms with Crippen LogP contribution in [0.1, 0.15) is 15.9 Å². The Kier molecular flexibility index (Phi) is 7.66. The molecule has 0 bridgehead atoms. The van der Waals surface area contributed by atoms with Crippen molar-refractivity contribution in [1.82, 2.24) is 4.98 Å². The number of methoxy groups -OCH3 is 2. The predicted molar refractivity (Wildman–Crippen MR) is 159 cm³/mol. The summed E-state index contributed by atoms with van der Waals surface area (Å²) in [7, 11) is -0.761. The first kappa shape index (κ1) is 27.4. The molecule has 5 rings (SSSR count). The van der Waals surface area contributed by atoms with Gasteiger partial charge in [0.15, 0.2) is 16.6 Å². The largest absolute Gasteiger partial charge is 0.493 e. The van der Waals surface area contributed by atoms with Crippen molar-refractivity contribution in [2.24, 2.45) is 0 Å². The summed E-state index contributed by atoms with van der Waals surface area (Å²) in [6.07, 6.45) is 0. The smallest absolute Gasteiger partial charge is 0.266 e. The Labute approximate surface area is 240 Å². The summed E-state index contributed by atoms with van der Waals surface area (Å²) >= 11 is 7.63. The number of sulfonamides is 1. The van der Waals surface area contributed by atoms with Crippen LogP contribution in [0.15, 0.2) is 89.8 Å². The van der Waals surface area contributed by atoms with Gasteiger partial charge in [-0.05, 0) is 61.0 Å². The standard InChI is InChI=1S/C29H24ClN3O5S2/c1-18-8-4-7-11-27(18)40(35,36)32-19-12-14-23-26(16-19)39-29(31-23)33(28(34)21-9-5-6-10-22(21)30)20-13-15-24(37-2)25(17-20)38-3/h4-17,32H,1-3H3. The minimum Gasteiger partial charge on any atom is -0.493 e. The lowest BCUT2D eigenvalue weighted by Crippen LogP contribution is -2.26. The summed E-state index contributed by atoms with van der Waals surface area (Å²) in [5.41, 5.74) is 2.39. The lowest BCUT2D eigenvalue weighted by molar-refractivity contribution is 0.0999. The van der Waals surface area contributed by atoms with Gasteiger partial charge in [0, 0.05) is 6.07 Å². The van der Waals surface area contributed by atoms with Crippen LogP contribution in [0, 0.1) is 6.92 Å². The average molecular weight is 594 g/mol. The van der Waals surface area contributed by atoms with Crippen LogP contribution in [-0.2, 0) is 10.0 Å². The molecule has 1 aromatic heterocycles. The molecule has 0 fully saturated rings. The van der Waals surface area contributed by atoms with E-state index >= 15 is 0 Å².